The van der Waals surface area contributed by atoms with E-state index in [9.17, 15) is 4.79 Å². The van der Waals surface area contributed by atoms with Crippen LogP contribution in [0.1, 0.15) is 18.3 Å². The fraction of sp³-hybridized carbons (Fsp3) is 0.200. The standard InChI is InChI=1S/C20H19N5OS/c1-3-17-23-24-19-20(22-15-6-4-5-7-16(15)25(17)19)27-12-18(26)21-14-10-8-13(2)9-11-14/h4-11H,3,12H2,1-2H3,(H,21,26). The van der Waals surface area contributed by atoms with Crippen molar-refractivity contribution in [2.24, 2.45) is 0 Å². The Morgan fingerprint density at radius 1 is 1.11 bits per heavy atom. The Labute approximate surface area is 161 Å². The summed E-state index contributed by atoms with van der Waals surface area (Å²) in [6.45, 7) is 4.06. The summed E-state index contributed by atoms with van der Waals surface area (Å²) < 4.78 is 2.03. The number of hydrogen-bond acceptors (Lipinski definition) is 5. The summed E-state index contributed by atoms with van der Waals surface area (Å²) in [5.41, 5.74) is 4.48. The largest absolute Gasteiger partial charge is 0.325 e. The van der Waals surface area contributed by atoms with E-state index in [0.29, 0.717) is 10.7 Å². The van der Waals surface area contributed by atoms with E-state index < -0.39 is 0 Å². The molecule has 2 aromatic heterocycles. The third kappa shape index (κ3) is 3.50. The molecular formula is C20H19N5OS. The Balaban J connectivity index is 1.60. The lowest BCUT2D eigenvalue weighted by Crippen LogP contribution is -2.14. The smallest absolute Gasteiger partial charge is 0.234 e. The van der Waals surface area contributed by atoms with Gasteiger partial charge in [0.2, 0.25) is 5.91 Å². The Hall–Kier alpha value is -2.93. The highest BCUT2D eigenvalue weighted by Crippen LogP contribution is 2.26. The number of nitrogens with one attached hydrogen (secondary N) is 1. The zero-order chi connectivity index (χ0) is 18.8. The first-order valence-corrected chi connectivity index (χ1v) is 9.76. The zero-order valence-electron chi connectivity index (χ0n) is 15.1. The molecule has 0 atom stereocenters. The monoisotopic (exact) mass is 377 g/mol. The van der Waals surface area contributed by atoms with E-state index in [4.69, 9.17) is 4.98 Å². The fourth-order valence-corrected chi connectivity index (χ4v) is 3.67. The van der Waals surface area contributed by atoms with Crippen molar-refractivity contribution in [1.29, 1.82) is 0 Å². The summed E-state index contributed by atoms with van der Waals surface area (Å²) in [5.74, 6) is 1.06. The number of aryl methyl sites for hydroxylation is 2. The van der Waals surface area contributed by atoms with Crippen LogP contribution >= 0.6 is 11.8 Å². The van der Waals surface area contributed by atoms with Gasteiger partial charge in [-0.05, 0) is 31.2 Å². The van der Waals surface area contributed by atoms with Gasteiger partial charge in [-0.2, -0.15) is 0 Å². The topological polar surface area (TPSA) is 72.2 Å². The first-order chi connectivity index (χ1) is 13.2. The SMILES string of the molecule is CCc1nnc2c(SCC(=O)Nc3ccc(C)cc3)nc3ccccc3n12. The number of fused-ring (bicyclic) bond motifs is 3. The molecule has 0 saturated heterocycles. The van der Waals surface area contributed by atoms with Gasteiger partial charge >= 0.3 is 0 Å². The molecule has 0 fully saturated rings. The molecule has 27 heavy (non-hydrogen) atoms. The van der Waals surface area contributed by atoms with E-state index in [1.165, 1.54) is 11.8 Å². The van der Waals surface area contributed by atoms with Gasteiger partial charge < -0.3 is 5.32 Å². The van der Waals surface area contributed by atoms with Crippen LogP contribution in [0.2, 0.25) is 0 Å². The van der Waals surface area contributed by atoms with Gasteiger partial charge in [-0.15, -0.1) is 10.2 Å². The van der Waals surface area contributed by atoms with Crippen molar-refractivity contribution in [1.82, 2.24) is 19.6 Å². The maximum absolute atomic E-state index is 12.3. The van der Waals surface area contributed by atoms with Crippen LogP contribution in [0.5, 0.6) is 0 Å². The quantitative estimate of drug-likeness (QED) is 0.535. The number of carbonyl (C=O) groups excluding carboxylic acids is 1. The Morgan fingerprint density at radius 3 is 2.67 bits per heavy atom. The van der Waals surface area contributed by atoms with Crippen LogP contribution in [0, 0.1) is 6.92 Å². The Kier molecular flexibility index (Phi) is 4.77. The highest BCUT2D eigenvalue weighted by atomic mass is 32.2. The van der Waals surface area contributed by atoms with E-state index in [0.717, 1.165) is 34.5 Å². The molecule has 2 heterocycles. The molecule has 0 aliphatic carbocycles. The average molecular weight is 377 g/mol. The van der Waals surface area contributed by atoms with Crippen molar-refractivity contribution in [2.45, 2.75) is 25.3 Å². The zero-order valence-corrected chi connectivity index (χ0v) is 16.0. The van der Waals surface area contributed by atoms with Gasteiger partial charge in [0.1, 0.15) is 10.9 Å². The van der Waals surface area contributed by atoms with Gasteiger partial charge in [0.15, 0.2) is 5.65 Å². The van der Waals surface area contributed by atoms with E-state index in [-0.39, 0.29) is 11.7 Å². The second-order valence-corrected chi connectivity index (χ2v) is 7.20. The van der Waals surface area contributed by atoms with Gasteiger partial charge in [-0.3, -0.25) is 9.20 Å². The van der Waals surface area contributed by atoms with Crippen LogP contribution < -0.4 is 5.32 Å². The molecule has 6 nitrogen and oxygen atoms in total. The van der Waals surface area contributed by atoms with Crippen LogP contribution in [-0.2, 0) is 11.2 Å². The molecule has 1 N–H and O–H groups in total. The van der Waals surface area contributed by atoms with Gasteiger partial charge in [0.05, 0.1) is 16.8 Å². The van der Waals surface area contributed by atoms with Crippen molar-refractivity contribution in [3.8, 4) is 0 Å². The summed E-state index contributed by atoms with van der Waals surface area (Å²) in [6.07, 6.45) is 0.771. The number of benzene rings is 2. The molecule has 7 heteroatoms. The van der Waals surface area contributed by atoms with Crippen molar-refractivity contribution in [2.75, 3.05) is 11.1 Å². The molecule has 0 saturated carbocycles. The first kappa shape index (κ1) is 17.5. The first-order valence-electron chi connectivity index (χ1n) is 8.78. The van der Waals surface area contributed by atoms with Gasteiger partial charge in [-0.25, -0.2) is 4.98 Å². The van der Waals surface area contributed by atoms with Crippen LogP contribution in [0.25, 0.3) is 16.7 Å². The number of aromatic nitrogens is 4. The number of amides is 1. The molecule has 2 aromatic carbocycles. The lowest BCUT2D eigenvalue weighted by molar-refractivity contribution is -0.113. The van der Waals surface area contributed by atoms with E-state index in [2.05, 4.69) is 15.5 Å². The Morgan fingerprint density at radius 2 is 1.89 bits per heavy atom. The van der Waals surface area contributed by atoms with Crippen molar-refractivity contribution >= 4 is 40.0 Å². The minimum absolute atomic E-state index is 0.0767. The molecule has 4 rings (SSSR count). The molecule has 0 aliphatic rings. The lowest BCUT2D eigenvalue weighted by Gasteiger charge is -2.08. The van der Waals surface area contributed by atoms with Crippen molar-refractivity contribution in [3.05, 3.63) is 59.9 Å². The van der Waals surface area contributed by atoms with E-state index in [1.807, 2.05) is 66.8 Å². The number of thioether (sulfide) groups is 1. The van der Waals surface area contributed by atoms with E-state index >= 15 is 0 Å². The Bertz CT molecular complexity index is 1120. The molecule has 4 aromatic rings. The number of carbonyl (C=O) groups is 1. The minimum Gasteiger partial charge on any atom is -0.325 e. The van der Waals surface area contributed by atoms with E-state index in [1.54, 1.807) is 0 Å². The number of para-hydroxylation sites is 2. The highest BCUT2D eigenvalue weighted by Gasteiger charge is 2.15. The fourth-order valence-electron chi connectivity index (χ4n) is 2.91. The predicted octanol–water partition coefficient (Wildman–Crippen LogP) is 3.88. The summed E-state index contributed by atoms with van der Waals surface area (Å²) in [4.78, 5) is 17.0. The average Bonchev–Trinajstić information content (AvgIpc) is 3.12. The van der Waals surface area contributed by atoms with Crippen molar-refractivity contribution < 1.29 is 4.79 Å². The number of anilines is 1. The molecule has 0 bridgehead atoms. The second kappa shape index (κ2) is 7.36. The second-order valence-electron chi connectivity index (χ2n) is 6.24. The predicted molar refractivity (Wildman–Crippen MR) is 108 cm³/mol. The normalized spacial score (nSPS) is 11.2. The summed E-state index contributed by atoms with van der Waals surface area (Å²) in [5, 5.41) is 12.2. The minimum atomic E-state index is -0.0767. The van der Waals surface area contributed by atoms with Crippen molar-refractivity contribution in [3.63, 3.8) is 0 Å². The summed E-state index contributed by atoms with van der Waals surface area (Å²) in [7, 11) is 0. The number of rotatable bonds is 5. The molecule has 1 amide bonds. The number of hydrogen-bond donors (Lipinski definition) is 1. The molecule has 136 valence electrons. The van der Waals surface area contributed by atoms with Gasteiger partial charge in [0.25, 0.3) is 0 Å². The lowest BCUT2D eigenvalue weighted by atomic mass is 10.2. The molecular weight excluding hydrogens is 358 g/mol. The molecule has 0 unspecified atom stereocenters. The summed E-state index contributed by atoms with van der Waals surface area (Å²) in [6, 6.07) is 15.6. The summed E-state index contributed by atoms with van der Waals surface area (Å²) >= 11 is 1.37. The van der Waals surface area contributed by atoms with Gasteiger partial charge in [-0.1, -0.05) is 48.5 Å². The highest BCUT2D eigenvalue weighted by molar-refractivity contribution is 8.00. The van der Waals surface area contributed by atoms with Crippen LogP contribution in [0.4, 0.5) is 5.69 Å². The van der Waals surface area contributed by atoms with Crippen LogP contribution in [0.15, 0.2) is 53.6 Å². The maximum atomic E-state index is 12.3. The van der Waals surface area contributed by atoms with Gasteiger partial charge in [0, 0.05) is 12.1 Å². The maximum Gasteiger partial charge on any atom is 0.234 e. The molecule has 0 aliphatic heterocycles. The third-order valence-electron chi connectivity index (χ3n) is 4.26. The van der Waals surface area contributed by atoms with Crippen LogP contribution in [-0.4, -0.2) is 31.2 Å². The molecule has 0 radical (unpaired) electrons. The number of nitrogens with zero attached hydrogens (tertiary/aromatic N) is 4. The molecule has 0 spiro atoms. The van der Waals surface area contributed by atoms with Crippen LogP contribution in [0.3, 0.4) is 0 Å². The third-order valence-corrected chi connectivity index (χ3v) is 5.21.